The maximum atomic E-state index is 2.93. The van der Waals surface area contributed by atoms with E-state index in [4.69, 9.17) is 0 Å². The number of fused-ring (bicyclic) bond motifs is 12. The van der Waals surface area contributed by atoms with Crippen LogP contribution in [0, 0.1) is 0 Å². The average Bonchev–Trinajstić information content (AvgIpc) is 1.49. The summed E-state index contributed by atoms with van der Waals surface area (Å²) < 4.78 is 0. The molecule has 654 valence electrons. The first-order chi connectivity index (χ1) is 60.2. The van der Waals surface area contributed by atoms with Gasteiger partial charge in [0.15, 0.2) is 0 Å². The molecule has 0 unspecified atom stereocenters. The molecule has 0 radical (unpaired) electrons. The van der Waals surface area contributed by atoms with Gasteiger partial charge >= 0.3 is 0 Å². The quantitative estimate of drug-likeness (QED) is 0.0333. The van der Waals surface area contributed by atoms with Crippen molar-refractivity contribution in [1.82, 2.24) is 0 Å². The lowest BCUT2D eigenvalue weighted by Crippen LogP contribution is -2.30. The minimum absolute atomic E-state index is 0.0855. The second-order valence-electron chi connectivity index (χ2n) is 39.5. The van der Waals surface area contributed by atoms with Crippen molar-refractivity contribution in [3.8, 4) is 44.5 Å². The van der Waals surface area contributed by atoms with E-state index in [0.29, 0.717) is 0 Å². The van der Waals surface area contributed by atoms with E-state index < -0.39 is 10.8 Å². The van der Waals surface area contributed by atoms with Crippen LogP contribution < -0.4 is 0 Å². The van der Waals surface area contributed by atoms with E-state index in [2.05, 4.69) is 237 Å². The number of rotatable bonds is 60. The van der Waals surface area contributed by atoms with E-state index in [1.165, 1.54) is 445 Å². The Bertz CT molecular complexity index is 4140. The number of aryl methyl sites for hydroxylation is 4. The number of hydrogen-bond donors (Lipinski definition) is 0. The van der Waals surface area contributed by atoms with Gasteiger partial charge in [-0.3, -0.25) is 0 Å². The van der Waals surface area contributed by atoms with Crippen molar-refractivity contribution in [2.75, 3.05) is 0 Å². The van der Waals surface area contributed by atoms with Gasteiger partial charge in [-0.05, 0) is 247 Å². The highest BCUT2D eigenvalue weighted by Crippen LogP contribution is 2.67. The maximum Gasteiger partial charge on any atom is 0.0714 e. The predicted octanol–water partition coefficient (Wildman–Crippen LogP) is 37.6. The van der Waals surface area contributed by atoms with Crippen molar-refractivity contribution in [3.05, 3.63) is 271 Å². The second kappa shape index (κ2) is 47.5. The zero-order chi connectivity index (χ0) is 84.7. The molecule has 0 saturated heterocycles. The summed E-state index contributed by atoms with van der Waals surface area (Å²) in [6.45, 7) is 18.9. The summed E-state index contributed by atoms with van der Waals surface area (Å²) in [6.07, 6.45) is 72.3. The van der Waals surface area contributed by atoms with Crippen LogP contribution in [0.25, 0.3) is 44.5 Å². The van der Waals surface area contributed by atoms with E-state index in [0.717, 1.165) is 25.7 Å². The van der Waals surface area contributed by atoms with Gasteiger partial charge in [0.25, 0.3) is 0 Å². The van der Waals surface area contributed by atoms with Gasteiger partial charge in [0.2, 0.25) is 0 Å². The molecule has 4 aliphatic rings. The van der Waals surface area contributed by atoms with E-state index in [-0.39, 0.29) is 10.8 Å². The first-order valence-corrected chi connectivity index (χ1v) is 52.4. The van der Waals surface area contributed by atoms with Crippen LogP contribution in [0.5, 0.6) is 0 Å². The van der Waals surface area contributed by atoms with Crippen LogP contribution in [0.15, 0.2) is 182 Å². The Balaban J connectivity index is 1.11. The van der Waals surface area contributed by atoms with Gasteiger partial charge in [-0.25, -0.2) is 0 Å². The van der Waals surface area contributed by atoms with Gasteiger partial charge in [0.05, 0.1) is 10.8 Å². The van der Waals surface area contributed by atoms with Gasteiger partial charge in [0.1, 0.15) is 0 Å². The standard InChI is InChI=1S/C122H166/c1-9-17-25-33-41-49-61-95-69-77-99(78-70-95)121(100-79-71-96(72-80-100)62-50-42-34-26-18-10-2)115-91-105-103-65-53-55-67-111(103)119(85-57-45-37-29-21-13-5,86-58-46-38-30-22-14-6)113(105)89-107(115)109-94-118-110(93-117(109)121)108-90-114-106(104-66-54-56-68-112(104)120(114,87-59-47-39-31-23-15-7)88-60-48-40-32-24-16-8)92-116(108)122(118,101-81-73-97(74-82-101)63-51-43-35-27-19-11-3)102-83-75-98(76-84-102)64-52-44-36-28-20-12-4/h53-56,65-84,89-94H,9-52,57-64,85-88H2,1-8H3. The minimum Gasteiger partial charge on any atom is -0.0654 e. The van der Waals surface area contributed by atoms with Crippen LogP contribution in [0.2, 0.25) is 0 Å². The average molecular weight is 1630 g/mol. The van der Waals surface area contributed by atoms with Gasteiger partial charge in [-0.1, -0.05) is 483 Å². The molecule has 0 N–H and O–H groups in total. The van der Waals surface area contributed by atoms with Crippen LogP contribution in [0.4, 0.5) is 0 Å². The van der Waals surface area contributed by atoms with Crippen LogP contribution >= 0.6 is 0 Å². The lowest BCUT2D eigenvalue weighted by Gasteiger charge is -2.36. The van der Waals surface area contributed by atoms with Crippen molar-refractivity contribution in [2.24, 2.45) is 0 Å². The Labute approximate surface area is 747 Å². The third kappa shape index (κ3) is 21.1. The van der Waals surface area contributed by atoms with Gasteiger partial charge < -0.3 is 0 Å². The summed E-state index contributed by atoms with van der Waals surface area (Å²) in [6, 6.07) is 79.5. The first-order valence-electron chi connectivity index (χ1n) is 52.4. The molecule has 0 nitrogen and oxygen atoms in total. The molecule has 0 spiro atoms. The molecule has 0 atom stereocenters. The maximum absolute atomic E-state index is 2.93. The molecule has 13 rings (SSSR count). The SMILES string of the molecule is CCCCCCCCc1ccc(C2(c3ccc(CCCCCCCC)cc3)c3cc4c(cc3-c3cc5c(cc32)-c2cc3c(cc2C5(c2ccc(CCCCCCCC)cc2)c2ccc(CCCCCCCC)cc2)-c2ccccc2C3(CCCCCCCC)CCCCCCCC)C(CCCCCCCC)(CCCCCCCC)c2ccccc2-4)cc1. The summed E-state index contributed by atoms with van der Waals surface area (Å²) >= 11 is 0. The van der Waals surface area contributed by atoms with Gasteiger partial charge in [-0.2, -0.15) is 0 Å². The first kappa shape index (κ1) is 92.6. The summed E-state index contributed by atoms with van der Waals surface area (Å²) in [5, 5.41) is 0. The summed E-state index contributed by atoms with van der Waals surface area (Å²) in [4.78, 5) is 0. The molecule has 122 heavy (non-hydrogen) atoms. The predicted molar refractivity (Wildman–Crippen MR) is 534 cm³/mol. The summed E-state index contributed by atoms with van der Waals surface area (Å²) in [7, 11) is 0. The Morgan fingerprint density at radius 3 is 0.557 bits per heavy atom. The lowest BCUT2D eigenvalue weighted by atomic mass is 9.65. The number of benzene rings is 9. The Morgan fingerprint density at radius 2 is 0.336 bits per heavy atom. The van der Waals surface area contributed by atoms with Crippen LogP contribution in [0.1, 0.15) is 478 Å². The fourth-order valence-electron chi connectivity index (χ4n) is 23.9. The highest BCUT2D eigenvalue weighted by Gasteiger charge is 2.55. The molecule has 0 heterocycles. The normalized spacial score (nSPS) is 14.4. The fraction of sp³-hybridized carbons (Fsp3) is 0.557. The molecule has 0 aliphatic heterocycles. The van der Waals surface area contributed by atoms with Crippen molar-refractivity contribution >= 4 is 0 Å². The number of unbranched alkanes of at least 4 members (excludes halogenated alkanes) is 40. The topological polar surface area (TPSA) is 0 Å². The highest BCUT2D eigenvalue weighted by molar-refractivity contribution is 5.99. The molecular formula is C122H166. The molecule has 0 aromatic heterocycles. The largest absolute Gasteiger partial charge is 0.0714 e. The summed E-state index contributed by atoms with van der Waals surface area (Å²) in [5.74, 6) is 0. The fourth-order valence-corrected chi connectivity index (χ4v) is 23.9. The highest BCUT2D eigenvalue weighted by atomic mass is 14.6. The monoisotopic (exact) mass is 1630 g/mol. The molecule has 0 bridgehead atoms. The number of hydrogen-bond acceptors (Lipinski definition) is 0. The van der Waals surface area contributed by atoms with E-state index in [9.17, 15) is 0 Å². The molecule has 0 heteroatoms. The van der Waals surface area contributed by atoms with E-state index in [1.54, 1.807) is 22.3 Å². The molecular weight excluding hydrogens is 1470 g/mol. The second-order valence-corrected chi connectivity index (χ2v) is 39.5. The third-order valence-corrected chi connectivity index (χ3v) is 30.8. The lowest BCUT2D eigenvalue weighted by molar-refractivity contribution is 0.398. The van der Waals surface area contributed by atoms with Crippen molar-refractivity contribution in [1.29, 1.82) is 0 Å². The van der Waals surface area contributed by atoms with Crippen molar-refractivity contribution in [3.63, 3.8) is 0 Å². The van der Waals surface area contributed by atoms with Crippen LogP contribution in [-0.2, 0) is 47.3 Å². The summed E-state index contributed by atoms with van der Waals surface area (Å²) in [5.41, 5.74) is 34.3. The molecule has 9 aromatic carbocycles. The molecule has 0 saturated carbocycles. The zero-order valence-corrected chi connectivity index (χ0v) is 78.9. The Kier molecular flexibility index (Phi) is 36.1. The van der Waals surface area contributed by atoms with Gasteiger partial charge in [0, 0.05) is 10.8 Å². The van der Waals surface area contributed by atoms with E-state index in [1.807, 2.05) is 0 Å². The van der Waals surface area contributed by atoms with Gasteiger partial charge in [-0.15, -0.1) is 0 Å². The molecule has 4 aliphatic carbocycles. The van der Waals surface area contributed by atoms with E-state index >= 15 is 0 Å². The smallest absolute Gasteiger partial charge is 0.0654 e. The molecule has 9 aromatic rings. The van der Waals surface area contributed by atoms with Crippen molar-refractivity contribution < 1.29 is 0 Å². The zero-order valence-electron chi connectivity index (χ0n) is 78.9. The third-order valence-electron chi connectivity index (χ3n) is 30.8. The van der Waals surface area contributed by atoms with Crippen LogP contribution in [0.3, 0.4) is 0 Å². The Morgan fingerprint density at radius 1 is 0.156 bits per heavy atom. The molecule has 0 fully saturated rings. The van der Waals surface area contributed by atoms with Crippen LogP contribution in [-0.4, -0.2) is 0 Å². The minimum atomic E-state index is -0.640. The molecule has 0 amide bonds. The Hall–Kier alpha value is -7.02. The van der Waals surface area contributed by atoms with Crippen molar-refractivity contribution in [2.45, 2.75) is 437 Å².